The first kappa shape index (κ1) is 12.4. The van der Waals surface area contributed by atoms with Gasteiger partial charge in [-0.15, -0.1) is 0 Å². The van der Waals surface area contributed by atoms with Gasteiger partial charge in [-0.2, -0.15) is 0 Å². The van der Waals surface area contributed by atoms with E-state index >= 15 is 0 Å². The summed E-state index contributed by atoms with van der Waals surface area (Å²) in [5, 5.41) is 3.99. The van der Waals surface area contributed by atoms with Crippen LogP contribution in [0.4, 0.5) is 0 Å². The summed E-state index contributed by atoms with van der Waals surface area (Å²) in [6.45, 7) is 1.63. The zero-order valence-electron chi connectivity index (χ0n) is 10.3. The van der Waals surface area contributed by atoms with E-state index < -0.39 is 0 Å². The Hall–Kier alpha value is -1.59. The van der Waals surface area contributed by atoms with Gasteiger partial charge in [-0.1, -0.05) is 17.7 Å². The summed E-state index contributed by atoms with van der Waals surface area (Å²) in [6.07, 6.45) is 1.55. The number of halogens is 1. The quantitative estimate of drug-likeness (QED) is 0.826. The van der Waals surface area contributed by atoms with Crippen LogP contribution in [-0.4, -0.2) is 22.6 Å². The Kier molecular flexibility index (Phi) is 3.16. The van der Waals surface area contributed by atoms with Crippen LogP contribution < -0.4 is 16.6 Å². The summed E-state index contributed by atoms with van der Waals surface area (Å²) in [5.41, 5.74) is -0.157. The molecule has 100 valence electrons. The first-order valence-electron chi connectivity index (χ1n) is 6.32. The molecule has 0 radical (unpaired) electrons. The molecule has 0 saturated carbocycles. The Morgan fingerprint density at radius 3 is 2.68 bits per heavy atom. The fourth-order valence-electron chi connectivity index (χ4n) is 2.63. The number of benzene rings is 1. The molecule has 1 saturated heterocycles. The minimum absolute atomic E-state index is 0.0572. The van der Waals surface area contributed by atoms with E-state index in [0.717, 1.165) is 25.9 Å². The van der Waals surface area contributed by atoms with E-state index in [-0.39, 0.29) is 17.3 Å². The summed E-state index contributed by atoms with van der Waals surface area (Å²) >= 11 is 6.08. The molecule has 19 heavy (non-hydrogen) atoms. The van der Waals surface area contributed by atoms with Crippen LogP contribution in [0.1, 0.15) is 18.9 Å². The number of nitrogens with zero attached hydrogens (tertiary/aromatic N) is 1. The average Bonchev–Trinajstić information content (AvgIpc) is 2.39. The molecule has 2 N–H and O–H groups in total. The third-order valence-corrected chi connectivity index (χ3v) is 3.90. The fraction of sp³-hybridized carbons (Fsp3) is 0.385. The van der Waals surface area contributed by atoms with Crippen LogP contribution >= 0.6 is 11.6 Å². The van der Waals surface area contributed by atoms with E-state index in [1.165, 1.54) is 4.57 Å². The third kappa shape index (κ3) is 2.09. The lowest BCUT2D eigenvalue weighted by molar-refractivity contribution is 0.352. The Balaban J connectivity index is 2.27. The molecule has 0 amide bonds. The molecule has 0 unspecified atom stereocenters. The molecule has 1 fully saturated rings. The van der Waals surface area contributed by atoms with E-state index in [2.05, 4.69) is 10.3 Å². The normalized spacial score (nSPS) is 16.9. The number of rotatable bonds is 1. The minimum Gasteiger partial charge on any atom is -0.317 e. The number of nitrogens with one attached hydrogen (secondary N) is 2. The number of H-pyrrole nitrogens is 1. The first-order valence-corrected chi connectivity index (χ1v) is 6.70. The number of aromatic amines is 1. The van der Waals surface area contributed by atoms with Crippen molar-refractivity contribution < 1.29 is 0 Å². The van der Waals surface area contributed by atoms with Gasteiger partial charge >= 0.3 is 5.69 Å². The van der Waals surface area contributed by atoms with Crippen molar-refractivity contribution in [1.82, 2.24) is 14.9 Å². The van der Waals surface area contributed by atoms with E-state index in [1.54, 1.807) is 18.2 Å². The van der Waals surface area contributed by atoms with Gasteiger partial charge in [-0.25, -0.2) is 4.79 Å². The lowest BCUT2D eigenvalue weighted by Crippen LogP contribution is -2.42. The topological polar surface area (TPSA) is 66.9 Å². The zero-order valence-corrected chi connectivity index (χ0v) is 11.0. The number of hydrogen-bond donors (Lipinski definition) is 2. The lowest BCUT2D eigenvalue weighted by atomic mass is 10.1. The molecule has 3 rings (SSSR count). The molecule has 1 aromatic carbocycles. The number of fused-ring (bicyclic) bond motifs is 1. The van der Waals surface area contributed by atoms with Crippen molar-refractivity contribution in [2.45, 2.75) is 18.9 Å². The molecule has 0 bridgehead atoms. The van der Waals surface area contributed by atoms with Gasteiger partial charge in [0.1, 0.15) is 0 Å². The van der Waals surface area contributed by atoms with Crippen LogP contribution in [0.2, 0.25) is 5.02 Å². The van der Waals surface area contributed by atoms with Gasteiger partial charge in [0.2, 0.25) is 0 Å². The molecule has 0 aliphatic carbocycles. The Bertz CT molecular complexity index is 729. The van der Waals surface area contributed by atoms with Crippen LogP contribution in [0.5, 0.6) is 0 Å². The van der Waals surface area contributed by atoms with E-state index in [0.29, 0.717) is 15.9 Å². The Morgan fingerprint density at radius 2 is 1.95 bits per heavy atom. The third-order valence-electron chi connectivity index (χ3n) is 3.58. The predicted molar refractivity (Wildman–Crippen MR) is 75.0 cm³/mol. The highest BCUT2D eigenvalue weighted by molar-refractivity contribution is 6.35. The van der Waals surface area contributed by atoms with Crippen LogP contribution in [-0.2, 0) is 0 Å². The maximum absolute atomic E-state index is 12.5. The van der Waals surface area contributed by atoms with Crippen molar-refractivity contribution in [3.8, 4) is 0 Å². The molecule has 1 aromatic heterocycles. The monoisotopic (exact) mass is 279 g/mol. The summed E-state index contributed by atoms with van der Waals surface area (Å²) in [4.78, 5) is 27.4. The Morgan fingerprint density at radius 1 is 1.21 bits per heavy atom. The lowest BCUT2D eigenvalue weighted by Gasteiger charge is -2.24. The molecule has 2 aromatic rings. The predicted octanol–water partition coefficient (Wildman–Crippen LogP) is 1.27. The maximum atomic E-state index is 12.5. The molecule has 0 atom stereocenters. The summed E-state index contributed by atoms with van der Waals surface area (Å²) < 4.78 is 1.31. The molecule has 2 heterocycles. The highest BCUT2D eigenvalue weighted by atomic mass is 35.5. The van der Waals surface area contributed by atoms with Crippen LogP contribution in [0.25, 0.3) is 10.9 Å². The second-order valence-electron chi connectivity index (χ2n) is 4.75. The Labute approximate surface area is 114 Å². The molecule has 5 nitrogen and oxygen atoms in total. The molecule has 0 spiro atoms. The van der Waals surface area contributed by atoms with Crippen LogP contribution in [0.15, 0.2) is 27.8 Å². The minimum atomic E-state index is -0.355. The molecular weight excluding hydrogens is 266 g/mol. The molecule has 1 aliphatic heterocycles. The number of aromatic nitrogens is 2. The molecule has 6 heteroatoms. The second-order valence-corrected chi connectivity index (χ2v) is 5.16. The zero-order chi connectivity index (χ0) is 13.4. The summed E-state index contributed by atoms with van der Waals surface area (Å²) in [6, 6.07) is 5.01. The first-order chi connectivity index (χ1) is 9.18. The van der Waals surface area contributed by atoms with Crippen molar-refractivity contribution >= 4 is 22.5 Å². The van der Waals surface area contributed by atoms with E-state index in [1.807, 2.05) is 0 Å². The van der Waals surface area contributed by atoms with Crippen molar-refractivity contribution in [3.05, 3.63) is 44.1 Å². The van der Waals surface area contributed by atoms with Crippen molar-refractivity contribution in [1.29, 1.82) is 0 Å². The fourth-order valence-corrected chi connectivity index (χ4v) is 2.89. The van der Waals surface area contributed by atoms with Gasteiger partial charge in [-0.3, -0.25) is 9.36 Å². The van der Waals surface area contributed by atoms with Crippen molar-refractivity contribution in [2.75, 3.05) is 13.1 Å². The second kappa shape index (κ2) is 4.83. The van der Waals surface area contributed by atoms with Crippen LogP contribution in [0.3, 0.4) is 0 Å². The highest BCUT2D eigenvalue weighted by Crippen LogP contribution is 2.19. The van der Waals surface area contributed by atoms with Crippen molar-refractivity contribution in [2.24, 2.45) is 0 Å². The number of hydrogen-bond acceptors (Lipinski definition) is 3. The van der Waals surface area contributed by atoms with E-state index in [4.69, 9.17) is 11.6 Å². The smallest absolute Gasteiger partial charge is 0.317 e. The van der Waals surface area contributed by atoms with E-state index in [9.17, 15) is 9.59 Å². The SMILES string of the molecule is O=c1[nH]c2cccc(Cl)c2c(=O)n1C1CCNCC1. The van der Waals surface area contributed by atoms with Gasteiger partial charge in [0.25, 0.3) is 5.56 Å². The van der Waals surface area contributed by atoms with Crippen molar-refractivity contribution in [3.63, 3.8) is 0 Å². The largest absolute Gasteiger partial charge is 0.329 e. The van der Waals surface area contributed by atoms with Gasteiger partial charge in [0.15, 0.2) is 0 Å². The van der Waals surface area contributed by atoms with Gasteiger partial charge in [0.05, 0.1) is 15.9 Å². The van der Waals surface area contributed by atoms with Gasteiger partial charge in [-0.05, 0) is 38.1 Å². The van der Waals surface area contributed by atoms with Gasteiger partial charge < -0.3 is 10.3 Å². The maximum Gasteiger partial charge on any atom is 0.329 e. The van der Waals surface area contributed by atoms with Crippen LogP contribution in [0, 0.1) is 0 Å². The molecule has 1 aliphatic rings. The summed E-state index contributed by atoms with van der Waals surface area (Å²) in [7, 11) is 0. The molecular formula is C13H14ClN3O2. The van der Waals surface area contributed by atoms with Gasteiger partial charge in [0, 0.05) is 6.04 Å². The summed E-state index contributed by atoms with van der Waals surface area (Å²) in [5.74, 6) is 0. The average molecular weight is 280 g/mol. The standard InChI is InChI=1S/C13H14ClN3O2/c14-9-2-1-3-10-11(9)12(18)17(13(19)16-10)8-4-6-15-7-5-8/h1-3,8,15H,4-7H2,(H,16,19). The highest BCUT2D eigenvalue weighted by Gasteiger charge is 2.20. The number of piperidine rings is 1.